The van der Waals surface area contributed by atoms with Gasteiger partial charge in [-0.1, -0.05) is 0 Å². The SMILES string of the molecule is O=C(Cn1cc(Br)ccc1=O)N1CCC2(CCNC2)CC1. The van der Waals surface area contributed by atoms with Crippen LogP contribution in [0.1, 0.15) is 19.3 Å². The minimum absolute atomic E-state index is 0.0380. The van der Waals surface area contributed by atoms with E-state index in [0.717, 1.165) is 43.5 Å². The summed E-state index contributed by atoms with van der Waals surface area (Å²) in [5, 5.41) is 3.43. The number of nitrogens with one attached hydrogen (secondary N) is 1. The molecule has 0 aromatic carbocycles. The second kappa shape index (κ2) is 5.93. The normalized spacial score (nSPS) is 20.9. The van der Waals surface area contributed by atoms with Crippen LogP contribution in [0.15, 0.2) is 27.6 Å². The molecule has 0 bridgehead atoms. The van der Waals surface area contributed by atoms with Crippen LogP contribution in [0.4, 0.5) is 0 Å². The van der Waals surface area contributed by atoms with Crippen LogP contribution in [0.2, 0.25) is 0 Å². The van der Waals surface area contributed by atoms with Crippen molar-refractivity contribution >= 4 is 21.8 Å². The molecule has 21 heavy (non-hydrogen) atoms. The lowest BCUT2D eigenvalue weighted by Crippen LogP contribution is -2.45. The van der Waals surface area contributed by atoms with E-state index in [2.05, 4.69) is 21.2 Å². The van der Waals surface area contributed by atoms with Gasteiger partial charge in [-0.05, 0) is 53.2 Å². The molecular weight excluding hydrogens is 334 g/mol. The molecule has 0 radical (unpaired) electrons. The van der Waals surface area contributed by atoms with E-state index in [1.54, 1.807) is 12.3 Å². The molecule has 1 spiro atoms. The van der Waals surface area contributed by atoms with E-state index in [1.807, 2.05) is 4.90 Å². The molecule has 3 heterocycles. The standard InChI is InChI=1S/C15H20BrN3O2/c16-12-1-2-13(20)19(9-12)10-14(21)18-7-4-15(5-8-18)3-6-17-11-15/h1-2,9,17H,3-8,10-11H2. The van der Waals surface area contributed by atoms with Crippen molar-refractivity contribution in [2.75, 3.05) is 26.2 Å². The highest BCUT2D eigenvalue weighted by Gasteiger charge is 2.37. The van der Waals surface area contributed by atoms with Crippen LogP contribution in [0.25, 0.3) is 0 Å². The Hall–Kier alpha value is -1.14. The maximum absolute atomic E-state index is 12.4. The lowest BCUT2D eigenvalue weighted by molar-refractivity contribution is -0.134. The Morgan fingerprint density at radius 1 is 1.29 bits per heavy atom. The Kier molecular flexibility index (Phi) is 4.17. The van der Waals surface area contributed by atoms with Gasteiger partial charge in [0.25, 0.3) is 5.56 Å². The number of hydrogen-bond donors (Lipinski definition) is 1. The number of carbonyl (C=O) groups excluding carboxylic acids is 1. The number of amides is 1. The molecule has 1 N–H and O–H groups in total. The predicted molar refractivity (Wildman–Crippen MR) is 84.1 cm³/mol. The summed E-state index contributed by atoms with van der Waals surface area (Å²) in [5.74, 6) is 0.0380. The molecule has 3 rings (SSSR count). The first-order valence-electron chi connectivity index (χ1n) is 7.43. The summed E-state index contributed by atoms with van der Waals surface area (Å²) in [4.78, 5) is 26.0. The molecule has 1 aromatic heterocycles. The van der Waals surface area contributed by atoms with E-state index in [4.69, 9.17) is 0 Å². The van der Waals surface area contributed by atoms with Crippen LogP contribution in [0.3, 0.4) is 0 Å². The monoisotopic (exact) mass is 353 g/mol. The fourth-order valence-corrected chi connectivity index (χ4v) is 3.70. The predicted octanol–water partition coefficient (Wildman–Crippen LogP) is 1.21. The van der Waals surface area contributed by atoms with Gasteiger partial charge >= 0.3 is 0 Å². The molecule has 0 saturated carbocycles. The van der Waals surface area contributed by atoms with Gasteiger partial charge in [-0.15, -0.1) is 0 Å². The molecule has 2 saturated heterocycles. The van der Waals surface area contributed by atoms with E-state index in [9.17, 15) is 9.59 Å². The summed E-state index contributed by atoms with van der Waals surface area (Å²) >= 11 is 3.33. The number of likely N-dealkylation sites (tertiary alicyclic amines) is 1. The van der Waals surface area contributed by atoms with Crippen molar-refractivity contribution in [1.82, 2.24) is 14.8 Å². The Morgan fingerprint density at radius 3 is 2.71 bits per heavy atom. The van der Waals surface area contributed by atoms with Crippen molar-refractivity contribution in [2.24, 2.45) is 5.41 Å². The van der Waals surface area contributed by atoms with Gasteiger partial charge in [-0.2, -0.15) is 0 Å². The van der Waals surface area contributed by atoms with Gasteiger partial charge in [0.2, 0.25) is 5.91 Å². The van der Waals surface area contributed by atoms with Crippen molar-refractivity contribution in [2.45, 2.75) is 25.8 Å². The zero-order valence-electron chi connectivity index (χ0n) is 12.0. The maximum atomic E-state index is 12.4. The van der Waals surface area contributed by atoms with Crippen LogP contribution in [-0.2, 0) is 11.3 Å². The number of hydrogen-bond acceptors (Lipinski definition) is 3. The molecular formula is C15H20BrN3O2. The van der Waals surface area contributed by atoms with E-state index >= 15 is 0 Å². The van der Waals surface area contributed by atoms with Gasteiger partial charge in [-0.3, -0.25) is 9.59 Å². The highest BCUT2D eigenvalue weighted by atomic mass is 79.9. The Balaban J connectivity index is 1.62. The number of pyridine rings is 1. The molecule has 2 aliphatic heterocycles. The summed E-state index contributed by atoms with van der Waals surface area (Å²) < 4.78 is 2.28. The van der Waals surface area contributed by atoms with Crippen LogP contribution >= 0.6 is 15.9 Å². The Morgan fingerprint density at radius 2 is 2.05 bits per heavy atom. The number of aromatic nitrogens is 1. The smallest absolute Gasteiger partial charge is 0.251 e. The fourth-order valence-electron chi connectivity index (χ4n) is 3.32. The number of rotatable bonds is 2. The quantitative estimate of drug-likeness (QED) is 0.869. The third-order valence-electron chi connectivity index (χ3n) is 4.76. The first-order chi connectivity index (χ1) is 10.1. The van der Waals surface area contributed by atoms with Gasteiger partial charge in [0.1, 0.15) is 6.54 Å². The van der Waals surface area contributed by atoms with Crippen LogP contribution < -0.4 is 10.9 Å². The Bertz CT molecular complexity index is 583. The molecule has 2 aliphatic rings. The lowest BCUT2D eigenvalue weighted by Gasteiger charge is -2.39. The number of piperidine rings is 1. The van der Waals surface area contributed by atoms with Gasteiger partial charge < -0.3 is 14.8 Å². The van der Waals surface area contributed by atoms with E-state index in [1.165, 1.54) is 17.1 Å². The fraction of sp³-hybridized carbons (Fsp3) is 0.600. The van der Waals surface area contributed by atoms with Gasteiger partial charge in [0.15, 0.2) is 0 Å². The molecule has 114 valence electrons. The lowest BCUT2D eigenvalue weighted by atomic mass is 9.78. The van der Waals surface area contributed by atoms with Crippen molar-refractivity contribution in [3.8, 4) is 0 Å². The molecule has 0 aliphatic carbocycles. The molecule has 0 atom stereocenters. The van der Waals surface area contributed by atoms with Crippen molar-refractivity contribution in [3.63, 3.8) is 0 Å². The minimum atomic E-state index is -0.139. The van der Waals surface area contributed by atoms with Crippen LogP contribution in [0, 0.1) is 5.41 Å². The first-order valence-corrected chi connectivity index (χ1v) is 8.22. The van der Waals surface area contributed by atoms with Crippen molar-refractivity contribution < 1.29 is 4.79 Å². The summed E-state index contributed by atoms with van der Waals surface area (Å²) in [6.07, 6.45) is 5.03. The van der Waals surface area contributed by atoms with Gasteiger partial charge in [0, 0.05) is 36.4 Å². The van der Waals surface area contributed by atoms with Gasteiger partial charge in [-0.25, -0.2) is 0 Å². The molecule has 1 amide bonds. The third-order valence-corrected chi connectivity index (χ3v) is 5.23. The highest BCUT2D eigenvalue weighted by Crippen LogP contribution is 2.36. The summed E-state index contributed by atoms with van der Waals surface area (Å²) in [6, 6.07) is 3.17. The average molecular weight is 354 g/mol. The third kappa shape index (κ3) is 3.21. The topological polar surface area (TPSA) is 54.3 Å². The summed E-state index contributed by atoms with van der Waals surface area (Å²) in [6.45, 7) is 3.93. The molecule has 0 unspecified atom stereocenters. The molecule has 2 fully saturated rings. The van der Waals surface area contributed by atoms with E-state index in [-0.39, 0.29) is 18.0 Å². The molecule has 6 heteroatoms. The van der Waals surface area contributed by atoms with Gasteiger partial charge in [0.05, 0.1) is 0 Å². The number of nitrogens with zero attached hydrogens (tertiary/aromatic N) is 2. The van der Waals surface area contributed by atoms with E-state index < -0.39 is 0 Å². The van der Waals surface area contributed by atoms with Crippen molar-refractivity contribution in [1.29, 1.82) is 0 Å². The van der Waals surface area contributed by atoms with Crippen LogP contribution in [-0.4, -0.2) is 41.6 Å². The number of halogens is 1. The molecule has 1 aromatic rings. The average Bonchev–Trinajstić information content (AvgIpc) is 2.92. The van der Waals surface area contributed by atoms with E-state index in [0.29, 0.717) is 5.41 Å². The zero-order valence-corrected chi connectivity index (χ0v) is 13.6. The maximum Gasteiger partial charge on any atom is 0.251 e. The molecule has 5 nitrogen and oxygen atoms in total. The minimum Gasteiger partial charge on any atom is -0.341 e. The number of carbonyl (C=O) groups is 1. The summed E-state index contributed by atoms with van der Waals surface area (Å²) in [5.41, 5.74) is 0.267. The van der Waals surface area contributed by atoms with Crippen molar-refractivity contribution in [3.05, 3.63) is 33.2 Å². The van der Waals surface area contributed by atoms with Crippen LogP contribution in [0.5, 0.6) is 0 Å². The summed E-state index contributed by atoms with van der Waals surface area (Å²) in [7, 11) is 0. The Labute approximate surface area is 132 Å². The zero-order chi connectivity index (χ0) is 14.9. The largest absolute Gasteiger partial charge is 0.341 e. The first kappa shape index (κ1) is 14.8. The second-order valence-electron chi connectivity index (χ2n) is 6.12. The highest BCUT2D eigenvalue weighted by molar-refractivity contribution is 9.10. The second-order valence-corrected chi connectivity index (χ2v) is 7.04.